The van der Waals surface area contributed by atoms with Gasteiger partial charge in [-0.2, -0.15) is 13.2 Å². The summed E-state index contributed by atoms with van der Waals surface area (Å²) in [6.07, 6.45) is -3.36. The molecule has 0 aliphatic carbocycles. The predicted molar refractivity (Wildman–Crippen MR) is 53.5 cm³/mol. The molecule has 0 atom stereocenters. The number of ether oxygens (including phenoxy) is 1. The third-order valence-electron chi connectivity index (χ3n) is 1.47. The van der Waals surface area contributed by atoms with Crippen LogP contribution in [0.5, 0.6) is 5.75 Å². The summed E-state index contributed by atoms with van der Waals surface area (Å²) >= 11 is 8.40. The van der Waals surface area contributed by atoms with Gasteiger partial charge in [-0.3, -0.25) is 0 Å². The molecule has 0 radical (unpaired) electrons. The summed E-state index contributed by atoms with van der Waals surface area (Å²) in [4.78, 5) is 3.40. The molecule has 7 heteroatoms. The number of hydrogen-bond acceptors (Lipinski definition) is 2. The monoisotopic (exact) mass is 303 g/mol. The van der Waals surface area contributed by atoms with E-state index in [4.69, 9.17) is 16.3 Å². The molecule has 0 unspecified atom stereocenters. The Morgan fingerprint density at radius 1 is 1.47 bits per heavy atom. The van der Waals surface area contributed by atoms with E-state index in [0.717, 1.165) is 12.3 Å². The van der Waals surface area contributed by atoms with Gasteiger partial charge in [0.2, 0.25) is 0 Å². The standard InChI is InChI=1S/C8H6BrClF3NO/c9-1-2-15-5-3-6(8(11,12)13)7(10)14-4-5/h3-4H,1-2H2. The Balaban J connectivity index is 2.95. The number of hydrogen-bond donors (Lipinski definition) is 0. The number of halogens is 5. The lowest BCUT2D eigenvalue weighted by molar-refractivity contribution is -0.137. The molecule has 0 saturated carbocycles. The van der Waals surface area contributed by atoms with Crippen molar-refractivity contribution in [1.29, 1.82) is 0 Å². The number of alkyl halides is 4. The van der Waals surface area contributed by atoms with Crippen LogP contribution in [0.3, 0.4) is 0 Å². The van der Waals surface area contributed by atoms with Gasteiger partial charge >= 0.3 is 6.18 Å². The van der Waals surface area contributed by atoms with E-state index >= 15 is 0 Å². The highest BCUT2D eigenvalue weighted by molar-refractivity contribution is 9.09. The van der Waals surface area contributed by atoms with Crippen molar-refractivity contribution >= 4 is 27.5 Å². The molecule has 0 aliphatic rings. The summed E-state index contributed by atoms with van der Waals surface area (Å²) < 4.78 is 42.1. The highest BCUT2D eigenvalue weighted by Gasteiger charge is 2.34. The summed E-state index contributed by atoms with van der Waals surface area (Å²) in [6.45, 7) is 0.264. The largest absolute Gasteiger partial charge is 0.491 e. The zero-order valence-electron chi connectivity index (χ0n) is 7.31. The van der Waals surface area contributed by atoms with Crippen molar-refractivity contribution < 1.29 is 17.9 Å². The van der Waals surface area contributed by atoms with E-state index in [1.54, 1.807) is 0 Å². The SMILES string of the molecule is FC(F)(F)c1cc(OCCBr)cnc1Cl. The molecule has 0 spiro atoms. The van der Waals surface area contributed by atoms with E-state index in [2.05, 4.69) is 20.9 Å². The Morgan fingerprint density at radius 3 is 2.67 bits per heavy atom. The van der Waals surface area contributed by atoms with Crippen molar-refractivity contribution in [2.24, 2.45) is 0 Å². The molecule has 1 aromatic rings. The lowest BCUT2D eigenvalue weighted by Crippen LogP contribution is -2.08. The van der Waals surface area contributed by atoms with E-state index in [0.29, 0.717) is 5.33 Å². The number of aromatic nitrogens is 1. The normalized spacial score (nSPS) is 11.5. The van der Waals surface area contributed by atoms with Crippen LogP contribution in [0.15, 0.2) is 12.3 Å². The van der Waals surface area contributed by atoms with Gasteiger partial charge in [0.15, 0.2) is 0 Å². The number of rotatable bonds is 3. The molecule has 0 fully saturated rings. The van der Waals surface area contributed by atoms with Gasteiger partial charge in [-0.15, -0.1) is 0 Å². The fourth-order valence-electron chi connectivity index (χ4n) is 0.863. The molecule has 15 heavy (non-hydrogen) atoms. The smallest absolute Gasteiger partial charge is 0.419 e. The van der Waals surface area contributed by atoms with Crippen molar-refractivity contribution in [1.82, 2.24) is 4.98 Å². The quantitative estimate of drug-likeness (QED) is 0.629. The number of nitrogens with zero attached hydrogens (tertiary/aromatic N) is 1. The summed E-state index contributed by atoms with van der Waals surface area (Å²) in [7, 11) is 0. The van der Waals surface area contributed by atoms with Gasteiger partial charge < -0.3 is 4.74 Å². The van der Waals surface area contributed by atoms with Crippen LogP contribution in [-0.2, 0) is 6.18 Å². The van der Waals surface area contributed by atoms with Crippen LogP contribution < -0.4 is 4.74 Å². The Hall–Kier alpha value is -0.490. The fraction of sp³-hybridized carbons (Fsp3) is 0.375. The van der Waals surface area contributed by atoms with Crippen LogP contribution >= 0.6 is 27.5 Å². The molecular weight excluding hydrogens is 298 g/mol. The summed E-state index contributed by atoms with van der Waals surface area (Å²) in [6, 6.07) is 0.831. The van der Waals surface area contributed by atoms with Crippen molar-refractivity contribution in [2.45, 2.75) is 6.18 Å². The van der Waals surface area contributed by atoms with Crippen LogP contribution in [0.1, 0.15) is 5.56 Å². The van der Waals surface area contributed by atoms with Crippen LogP contribution in [-0.4, -0.2) is 16.9 Å². The highest BCUT2D eigenvalue weighted by Crippen LogP contribution is 2.35. The number of pyridine rings is 1. The minimum Gasteiger partial charge on any atom is -0.491 e. The fourth-order valence-corrected chi connectivity index (χ4v) is 1.24. The molecule has 84 valence electrons. The second kappa shape index (κ2) is 5.03. The molecule has 1 heterocycles. The van der Waals surface area contributed by atoms with Crippen molar-refractivity contribution in [3.05, 3.63) is 23.0 Å². The van der Waals surface area contributed by atoms with Gasteiger partial charge in [0.05, 0.1) is 18.4 Å². The van der Waals surface area contributed by atoms with Gasteiger partial charge in [-0.25, -0.2) is 4.98 Å². The summed E-state index contributed by atoms with van der Waals surface area (Å²) in [5.74, 6) is 0.0474. The van der Waals surface area contributed by atoms with E-state index in [9.17, 15) is 13.2 Å². The Kier molecular flexibility index (Phi) is 4.21. The summed E-state index contributed by atoms with van der Waals surface area (Å²) in [5.41, 5.74) is -0.990. The first kappa shape index (κ1) is 12.6. The zero-order valence-corrected chi connectivity index (χ0v) is 9.66. The van der Waals surface area contributed by atoms with Crippen LogP contribution in [0.25, 0.3) is 0 Å². The average molecular weight is 304 g/mol. The maximum Gasteiger partial charge on any atom is 0.419 e. The highest BCUT2D eigenvalue weighted by atomic mass is 79.9. The predicted octanol–water partition coefficient (Wildman–Crippen LogP) is 3.53. The van der Waals surface area contributed by atoms with Gasteiger partial charge in [0.1, 0.15) is 10.9 Å². The van der Waals surface area contributed by atoms with Gasteiger partial charge in [0.25, 0.3) is 0 Å². The minimum atomic E-state index is -4.52. The Morgan fingerprint density at radius 2 is 2.13 bits per heavy atom. The maximum absolute atomic E-state index is 12.4. The third-order valence-corrected chi connectivity index (χ3v) is 2.09. The Bertz CT molecular complexity index is 345. The Labute approximate surface area is 97.5 Å². The molecule has 0 bridgehead atoms. The van der Waals surface area contributed by atoms with Crippen molar-refractivity contribution in [3.8, 4) is 5.75 Å². The average Bonchev–Trinajstić information content (AvgIpc) is 2.15. The lowest BCUT2D eigenvalue weighted by Gasteiger charge is -2.10. The van der Waals surface area contributed by atoms with Gasteiger partial charge in [0, 0.05) is 5.33 Å². The van der Waals surface area contributed by atoms with Crippen molar-refractivity contribution in [3.63, 3.8) is 0 Å². The lowest BCUT2D eigenvalue weighted by atomic mass is 10.3. The second-order valence-electron chi connectivity index (χ2n) is 2.54. The summed E-state index contributed by atoms with van der Waals surface area (Å²) in [5, 5.41) is -0.0505. The first-order valence-corrected chi connectivity index (χ1v) is 5.36. The molecule has 1 rings (SSSR count). The topological polar surface area (TPSA) is 22.1 Å². The van der Waals surface area contributed by atoms with E-state index < -0.39 is 16.9 Å². The molecule has 1 aromatic heterocycles. The van der Waals surface area contributed by atoms with Gasteiger partial charge in [-0.05, 0) is 6.07 Å². The molecule has 0 amide bonds. The molecule has 0 aliphatic heterocycles. The third kappa shape index (κ3) is 3.53. The van der Waals surface area contributed by atoms with Crippen LogP contribution in [0, 0.1) is 0 Å². The first-order chi connectivity index (χ1) is 6.95. The van der Waals surface area contributed by atoms with E-state index in [1.165, 1.54) is 0 Å². The van der Waals surface area contributed by atoms with E-state index in [-0.39, 0.29) is 12.4 Å². The van der Waals surface area contributed by atoms with Crippen molar-refractivity contribution in [2.75, 3.05) is 11.9 Å². The maximum atomic E-state index is 12.4. The van der Waals surface area contributed by atoms with Crippen LogP contribution in [0.2, 0.25) is 5.15 Å². The minimum absolute atomic E-state index is 0.0474. The first-order valence-electron chi connectivity index (χ1n) is 3.86. The molecule has 2 nitrogen and oxygen atoms in total. The molecular formula is C8H6BrClF3NO. The van der Waals surface area contributed by atoms with Gasteiger partial charge in [-0.1, -0.05) is 27.5 Å². The molecule has 0 N–H and O–H groups in total. The second-order valence-corrected chi connectivity index (χ2v) is 3.70. The molecule has 0 saturated heterocycles. The van der Waals surface area contributed by atoms with Crippen LogP contribution in [0.4, 0.5) is 13.2 Å². The molecule has 0 aromatic carbocycles. The zero-order chi connectivity index (χ0) is 11.5. The van der Waals surface area contributed by atoms with E-state index in [1.807, 2.05) is 0 Å².